The van der Waals surface area contributed by atoms with E-state index in [9.17, 15) is 8.42 Å². The van der Waals surface area contributed by atoms with Gasteiger partial charge in [-0.05, 0) is 44.1 Å². The number of sulfonamides is 1. The van der Waals surface area contributed by atoms with Crippen LogP contribution in [0, 0.1) is 5.41 Å². The Morgan fingerprint density at radius 1 is 1.11 bits per heavy atom. The van der Waals surface area contributed by atoms with Gasteiger partial charge in [0.2, 0.25) is 10.0 Å². The number of hydrogen-bond donors (Lipinski definition) is 2. The molecule has 2 fully saturated rings. The summed E-state index contributed by atoms with van der Waals surface area (Å²) in [7, 11) is -3.02. The largest absolute Gasteiger partial charge is 0.313 e. The zero-order chi connectivity index (χ0) is 13.1. The Balaban J connectivity index is 1.62. The van der Waals surface area contributed by atoms with Crippen molar-refractivity contribution in [3.8, 4) is 0 Å². The van der Waals surface area contributed by atoms with Crippen molar-refractivity contribution in [2.45, 2.75) is 57.4 Å². The van der Waals surface area contributed by atoms with Crippen LogP contribution in [0.15, 0.2) is 0 Å². The third kappa shape index (κ3) is 3.68. The lowest BCUT2D eigenvalue weighted by Gasteiger charge is -2.52. The Labute approximate surface area is 111 Å². The van der Waals surface area contributed by atoms with E-state index in [1.165, 1.54) is 51.2 Å². The Morgan fingerprint density at radius 2 is 1.83 bits per heavy atom. The van der Waals surface area contributed by atoms with Crippen molar-refractivity contribution in [2.24, 2.45) is 5.41 Å². The van der Waals surface area contributed by atoms with Gasteiger partial charge in [0.15, 0.2) is 0 Å². The number of hydrogen-bond acceptors (Lipinski definition) is 3. The van der Waals surface area contributed by atoms with Crippen molar-refractivity contribution in [1.82, 2.24) is 10.0 Å². The molecule has 4 nitrogen and oxygen atoms in total. The number of rotatable bonds is 6. The molecule has 0 aromatic carbocycles. The molecule has 106 valence electrons. The van der Waals surface area contributed by atoms with Gasteiger partial charge in [-0.15, -0.1) is 0 Å². The summed E-state index contributed by atoms with van der Waals surface area (Å²) in [6.07, 6.45) is 11.8. The Kier molecular flexibility index (Phi) is 4.67. The van der Waals surface area contributed by atoms with Gasteiger partial charge in [-0.25, -0.2) is 13.1 Å². The molecule has 2 saturated carbocycles. The SMILES string of the molecule is CS(=O)(=O)NCCCNC1CCC12CCCCC2. The van der Waals surface area contributed by atoms with Gasteiger partial charge < -0.3 is 5.32 Å². The molecule has 0 heterocycles. The molecule has 1 atom stereocenters. The lowest BCUT2D eigenvalue weighted by molar-refractivity contribution is 0.0233. The van der Waals surface area contributed by atoms with Crippen molar-refractivity contribution in [2.75, 3.05) is 19.3 Å². The first-order chi connectivity index (χ1) is 8.52. The van der Waals surface area contributed by atoms with E-state index in [2.05, 4.69) is 10.0 Å². The van der Waals surface area contributed by atoms with Crippen LogP contribution in [0.3, 0.4) is 0 Å². The van der Waals surface area contributed by atoms with Crippen LogP contribution in [0.4, 0.5) is 0 Å². The van der Waals surface area contributed by atoms with Gasteiger partial charge in [-0.3, -0.25) is 0 Å². The normalized spacial score (nSPS) is 27.1. The first-order valence-corrected chi connectivity index (χ1v) is 9.09. The minimum atomic E-state index is -3.02. The van der Waals surface area contributed by atoms with Crippen molar-refractivity contribution in [1.29, 1.82) is 0 Å². The molecule has 2 aliphatic rings. The predicted octanol–water partition coefficient (Wildman–Crippen LogP) is 1.63. The molecule has 1 spiro atoms. The molecule has 0 aromatic rings. The second kappa shape index (κ2) is 5.88. The third-order valence-corrected chi connectivity index (χ3v) is 5.36. The summed E-state index contributed by atoms with van der Waals surface area (Å²) >= 11 is 0. The maximum absolute atomic E-state index is 10.9. The maximum atomic E-state index is 10.9. The Morgan fingerprint density at radius 3 is 2.39 bits per heavy atom. The maximum Gasteiger partial charge on any atom is 0.208 e. The Bertz CT molecular complexity index is 361. The molecule has 2 rings (SSSR count). The van der Waals surface area contributed by atoms with Gasteiger partial charge in [-0.1, -0.05) is 19.3 Å². The van der Waals surface area contributed by atoms with Crippen molar-refractivity contribution < 1.29 is 8.42 Å². The molecule has 0 saturated heterocycles. The van der Waals surface area contributed by atoms with Crippen LogP contribution >= 0.6 is 0 Å². The summed E-state index contributed by atoms with van der Waals surface area (Å²) in [5.41, 5.74) is 0.600. The highest BCUT2D eigenvalue weighted by atomic mass is 32.2. The zero-order valence-electron chi connectivity index (χ0n) is 11.4. The average Bonchev–Trinajstić information content (AvgIpc) is 2.32. The monoisotopic (exact) mass is 274 g/mol. The highest BCUT2D eigenvalue weighted by Crippen LogP contribution is 2.51. The van der Waals surface area contributed by atoms with E-state index in [0.717, 1.165) is 13.0 Å². The van der Waals surface area contributed by atoms with Crippen LogP contribution < -0.4 is 10.0 Å². The topological polar surface area (TPSA) is 58.2 Å². The quantitative estimate of drug-likeness (QED) is 0.724. The highest BCUT2D eigenvalue weighted by Gasteiger charge is 2.46. The summed E-state index contributed by atoms with van der Waals surface area (Å²) in [5, 5.41) is 3.63. The van der Waals surface area contributed by atoms with Gasteiger partial charge in [0, 0.05) is 12.6 Å². The predicted molar refractivity (Wildman–Crippen MR) is 74.0 cm³/mol. The molecule has 0 radical (unpaired) electrons. The van der Waals surface area contributed by atoms with Crippen molar-refractivity contribution >= 4 is 10.0 Å². The molecule has 0 amide bonds. The fourth-order valence-corrected chi connectivity index (χ4v) is 4.01. The van der Waals surface area contributed by atoms with E-state index in [1.54, 1.807) is 0 Å². The molecular formula is C13H26N2O2S. The first kappa shape index (κ1) is 14.3. The molecular weight excluding hydrogens is 248 g/mol. The van der Waals surface area contributed by atoms with Gasteiger partial charge in [-0.2, -0.15) is 0 Å². The fourth-order valence-electron chi connectivity index (χ4n) is 3.49. The van der Waals surface area contributed by atoms with Crippen LogP contribution in [0.1, 0.15) is 51.4 Å². The van der Waals surface area contributed by atoms with E-state index in [-0.39, 0.29) is 0 Å². The molecule has 0 bridgehead atoms. The average molecular weight is 274 g/mol. The first-order valence-electron chi connectivity index (χ1n) is 7.20. The zero-order valence-corrected chi connectivity index (χ0v) is 12.2. The summed E-state index contributed by atoms with van der Waals surface area (Å²) < 4.78 is 24.3. The molecule has 2 N–H and O–H groups in total. The van der Waals surface area contributed by atoms with Gasteiger partial charge >= 0.3 is 0 Å². The van der Waals surface area contributed by atoms with Gasteiger partial charge in [0.25, 0.3) is 0 Å². The fraction of sp³-hybridized carbons (Fsp3) is 1.00. The molecule has 2 aliphatic carbocycles. The van der Waals surface area contributed by atoms with Crippen LogP contribution in [-0.2, 0) is 10.0 Å². The highest BCUT2D eigenvalue weighted by molar-refractivity contribution is 7.88. The Hall–Kier alpha value is -0.130. The second-order valence-corrected chi connectivity index (χ2v) is 7.82. The summed E-state index contributed by atoms with van der Waals surface area (Å²) in [4.78, 5) is 0. The van der Waals surface area contributed by atoms with Crippen LogP contribution in [0.5, 0.6) is 0 Å². The van der Waals surface area contributed by atoms with Gasteiger partial charge in [0.1, 0.15) is 0 Å². The summed E-state index contributed by atoms with van der Waals surface area (Å²) in [6.45, 7) is 1.47. The minimum Gasteiger partial charge on any atom is -0.313 e. The minimum absolute atomic E-state index is 0.547. The van der Waals surface area contributed by atoms with Crippen LogP contribution in [-0.4, -0.2) is 33.8 Å². The van der Waals surface area contributed by atoms with E-state index >= 15 is 0 Å². The smallest absolute Gasteiger partial charge is 0.208 e. The molecule has 0 aromatic heterocycles. The molecule has 18 heavy (non-hydrogen) atoms. The summed E-state index contributed by atoms with van der Waals surface area (Å²) in [5.74, 6) is 0. The lowest BCUT2D eigenvalue weighted by Crippen LogP contribution is -2.54. The van der Waals surface area contributed by atoms with Crippen molar-refractivity contribution in [3.63, 3.8) is 0 Å². The van der Waals surface area contributed by atoms with Crippen LogP contribution in [0.25, 0.3) is 0 Å². The standard InChI is InChI=1S/C13H26N2O2S/c1-18(16,17)15-11-5-10-14-12-6-9-13(12)7-3-2-4-8-13/h12,14-15H,2-11H2,1H3. The van der Waals surface area contributed by atoms with E-state index < -0.39 is 10.0 Å². The third-order valence-electron chi connectivity index (χ3n) is 4.63. The van der Waals surface area contributed by atoms with E-state index in [4.69, 9.17) is 0 Å². The number of nitrogens with one attached hydrogen (secondary N) is 2. The molecule has 1 unspecified atom stereocenters. The van der Waals surface area contributed by atoms with E-state index in [1.807, 2.05) is 0 Å². The molecule has 5 heteroatoms. The van der Waals surface area contributed by atoms with Gasteiger partial charge in [0.05, 0.1) is 6.26 Å². The van der Waals surface area contributed by atoms with Crippen molar-refractivity contribution in [3.05, 3.63) is 0 Å². The summed E-state index contributed by atoms with van der Waals surface area (Å²) in [6, 6.07) is 0.691. The van der Waals surface area contributed by atoms with Crippen LogP contribution in [0.2, 0.25) is 0 Å². The molecule has 0 aliphatic heterocycles. The lowest BCUT2D eigenvalue weighted by atomic mass is 9.57. The van der Waals surface area contributed by atoms with E-state index in [0.29, 0.717) is 18.0 Å². The second-order valence-electron chi connectivity index (χ2n) is 5.99.